The molecule has 0 atom stereocenters. The largest absolute Gasteiger partial charge is 0.495 e. The molecule has 3 rings (SSSR count). The highest BCUT2D eigenvalue weighted by Crippen LogP contribution is 2.27. The van der Waals surface area contributed by atoms with Crippen LogP contribution in [0.1, 0.15) is 11.4 Å². The van der Waals surface area contributed by atoms with E-state index in [-0.39, 0.29) is 12.2 Å². The highest BCUT2D eigenvalue weighted by Gasteiger charge is 2.09. The van der Waals surface area contributed by atoms with E-state index in [0.29, 0.717) is 33.6 Å². The summed E-state index contributed by atoms with van der Waals surface area (Å²) in [5.41, 5.74) is 1.45. The van der Waals surface area contributed by atoms with Crippen LogP contribution in [0.4, 0.5) is 0 Å². The number of ether oxygens (including phenoxy) is 2. The third-order valence-electron chi connectivity index (χ3n) is 3.38. The molecular formula is C17H15BrN2O3. The van der Waals surface area contributed by atoms with E-state index in [1.54, 1.807) is 19.2 Å². The SMILES string of the molecule is COc1cc2nc(COCc3ccccc3)[nH]c(=O)c2cc1Br. The number of hydrogen-bond acceptors (Lipinski definition) is 4. The van der Waals surface area contributed by atoms with Crippen LogP contribution in [0.3, 0.4) is 0 Å². The van der Waals surface area contributed by atoms with E-state index in [1.807, 2.05) is 30.3 Å². The first-order valence-electron chi connectivity index (χ1n) is 7.05. The third kappa shape index (κ3) is 3.60. The second-order valence-corrected chi connectivity index (χ2v) is 5.85. The molecule has 0 saturated heterocycles. The highest BCUT2D eigenvalue weighted by atomic mass is 79.9. The maximum Gasteiger partial charge on any atom is 0.258 e. The van der Waals surface area contributed by atoms with Crippen molar-refractivity contribution in [3.05, 3.63) is 68.7 Å². The van der Waals surface area contributed by atoms with Crippen molar-refractivity contribution in [1.29, 1.82) is 0 Å². The van der Waals surface area contributed by atoms with Gasteiger partial charge in [-0.1, -0.05) is 30.3 Å². The summed E-state index contributed by atoms with van der Waals surface area (Å²) in [6, 6.07) is 13.3. The first-order valence-corrected chi connectivity index (χ1v) is 7.85. The van der Waals surface area contributed by atoms with E-state index < -0.39 is 0 Å². The van der Waals surface area contributed by atoms with Gasteiger partial charge in [0.05, 0.1) is 29.1 Å². The van der Waals surface area contributed by atoms with Crippen molar-refractivity contribution in [3.63, 3.8) is 0 Å². The first kappa shape index (κ1) is 15.7. The van der Waals surface area contributed by atoms with Crippen LogP contribution in [-0.2, 0) is 18.0 Å². The molecule has 0 bridgehead atoms. The van der Waals surface area contributed by atoms with Gasteiger partial charge in [0.1, 0.15) is 18.2 Å². The smallest absolute Gasteiger partial charge is 0.258 e. The number of aromatic amines is 1. The fourth-order valence-electron chi connectivity index (χ4n) is 2.25. The van der Waals surface area contributed by atoms with Crippen LogP contribution >= 0.6 is 15.9 Å². The average Bonchev–Trinajstić information content (AvgIpc) is 2.56. The van der Waals surface area contributed by atoms with E-state index in [2.05, 4.69) is 25.9 Å². The molecule has 2 aromatic carbocycles. The van der Waals surface area contributed by atoms with Gasteiger partial charge in [0, 0.05) is 6.07 Å². The van der Waals surface area contributed by atoms with E-state index in [1.165, 1.54) is 0 Å². The third-order valence-corrected chi connectivity index (χ3v) is 4.00. The molecule has 0 spiro atoms. The van der Waals surface area contributed by atoms with Crippen LogP contribution in [0.2, 0.25) is 0 Å². The van der Waals surface area contributed by atoms with Gasteiger partial charge in [-0.05, 0) is 27.6 Å². The zero-order valence-electron chi connectivity index (χ0n) is 12.5. The fraction of sp³-hybridized carbons (Fsp3) is 0.176. The lowest BCUT2D eigenvalue weighted by molar-refractivity contribution is 0.102. The number of nitrogens with one attached hydrogen (secondary N) is 1. The molecule has 0 aliphatic heterocycles. The Kier molecular flexibility index (Phi) is 4.73. The van der Waals surface area contributed by atoms with Gasteiger partial charge in [-0.2, -0.15) is 0 Å². The second kappa shape index (κ2) is 6.93. The Bertz CT molecular complexity index is 878. The summed E-state index contributed by atoms with van der Waals surface area (Å²) >= 11 is 3.37. The molecule has 0 aliphatic carbocycles. The first-order chi connectivity index (χ1) is 11.2. The summed E-state index contributed by atoms with van der Waals surface area (Å²) in [5.74, 6) is 1.12. The van der Waals surface area contributed by atoms with Gasteiger partial charge in [-0.3, -0.25) is 4.79 Å². The maximum atomic E-state index is 12.2. The maximum absolute atomic E-state index is 12.2. The van der Waals surface area contributed by atoms with Gasteiger partial charge in [0.25, 0.3) is 5.56 Å². The summed E-state index contributed by atoms with van der Waals surface area (Å²) in [6.07, 6.45) is 0. The molecular weight excluding hydrogens is 360 g/mol. The topological polar surface area (TPSA) is 64.2 Å². The van der Waals surface area contributed by atoms with Crippen molar-refractivity contribution in [2.24, 2.45) is 0 Å². The number of fused-ring (bicyclic) bond motifs is 1. The van der Waals surface area contributed by atoms with Gasteiger partial charge < -0.3 is 14.5 Å². The summed E-state index contributed by atoms with van der Waals surface area (Å²) < 4.78 is 11.6. The molecule has 0 saturated carbocycles. The molecule has 1 N–H and O–H groups in total. The Balaban J connectivity index is 1.81. The zero-order valence-corrected chi connectivity index (χ0v) is 14.1. The predicted octanol–water partition coefficient (Wildman–Crippen LogP) is 3.41. The molecule has 0 fully saturated rings. The van der Waals surface area contributed by atoms with Crippen molar-refractivity contribution < 1.29 is 9.47 Å². The highest BCUT2D eigenvalue weighted by molar-refractivity contribution is 9.10. The number of H-pyrrole nitrogens is 1. The quantitative estimate of drug-likeness (QED) is 0.742. The van der Waals surface area contributed by atoms with Crippen molar-refractivity contribution in [2.75, 3.05) is 7.11 Å². The standard InChI is InChI=1S/C17H15BrN2O3/c1-22-15-8-14-12(7-13(15)18)17(21)20-16(19-14)10-23-9-11-5-3-2-4-6-11/h2-8H,9-10H2,1H3,(H,19,20,21). The molecule has 0 unspecified atom stereocenters. The molecule has 6 heteroatoms. The lowest BCUT2D eigenvalue weighted by Gasteiger charge is -2.07. The van der Waals surface area contributed by atoms with Crippen LogP contribution in [0.15, 0.2) is 51.7 Å². The van der Waals surface area contributed by atoms with Crippen LogP contribution < -0.4 is 10.3 Å². The lowest BCUT2D eigenvalue weighted by atomic mass is 10.2. The number of rotatable bonds is 5. The molecule has 3 aromatic rings. The Morgan fingerprint density at radius 2 is 1.96 bits per heavy atom. The van der Waals surface area contributed by atoms with Gasteiger partial charge in [-0.25, -0.2) is 4.98 Å². The Labute approximate surface area is 141 Å². The summed E-state index contributed by atoms with van der Waals surface area (Å²) in [5, 5.41) is 0.504. The molecule has 118 valence electrons. The number of halogens is 1. The van der Waals surface area contributed by atoms with Crippen molar-refractivity contribution in [1.82, 2.24) is 9.97 Å². The number of aromatic nitrogens is 2. The Morgan fingerprint density at radius 3 is 2.70 bits per heavy atom. The molecule has 0 aliphatic rings. The molecule has 0 amide bonds. The van der Waals surface area contributed by atoms with Crippen molar-refractivity contribution in [3.8, 4) is 5.75 Å². The molecule has 1 heterocycles. The summed E-state index contributed by atoms with van der Waals surface area (Å²) in [6.45, 7) is 0.699. The van der Waals surface area contributed by atoms with Crippen LogP contribution in [0.5, 0.6) is 5.75 Å². The Hall–Kier alpha value is -2.18. The van der Waals surface area contributed by atoms with Gasteiger partial charge >= 0.3 is 0 Å². The Morgan fingerprint density at radius 1 is 1.17 bits per heavy atom. The van der Waals surface area contributed by atoms with Crippen molar-refractivity contribution in [2.45, 2.75) is 13.2 Å². The van der Waals surface area contributed by atoms with Crippen LogP contribution in [-0.4, -0.2) is 17.1 Å². The van der Waals surface area contributed by atoms with Crippen LogP contribution in [0, 0.1) is 0 Å². The van der Waals surface area contributed by atoms with E-state index in [0.717, 1.165) is 5.56 Å². The monoisotopic (exact) mass is 374 g/mol. The van der Waals surface area contributed by atoms with E-state index >= 15 is 0 Å². The number of hydrogen-bond donors (Lipinski definition) is 1. The lowest BCUT2D eigenvalue weighted by Crippen LogP contribution is -2.13. The van der Waals surface area contributed by atoms with E-state index in [9.17, 15) is 4.79 Å². The van der Waals surface area contributed by atoms with Gasteiger partial charge in [0.2, 0.25) is 0 Å². The number of nitrogens with zero attached hydrogens (tertiary/aromatic N) is 1. The second-order valence-electron chi connectivity index (χ2n) is 4.99. The summed E-state index contributed by atoms with van der Waals surface area (Å²) in [7, 11) is 1.57. The van der Waals surface area contributed by atoms with Gasteiger partial charge in [0.15, 0.2) is 0 Å². The average molecular weight is 375 g/mol. The molecule has 5 nitrogen and oxygen atoms in total. The predicted molar refractivity (Wildman–Crippen MR) is 91.6 cm³/mol. The fourth-order valence-corrected chi connectivity index (χ4v) is 2.76. The van der Waals surface area contributed by atoms with Crippen molar-refractivity contribution >= 4 is 26.8 Å². The van der Waals surface area contributed by atoms with Crippen LogP contribution in [0.25, 0.3) is 10.9 Å². The minimum Gasteiger partial charge on any atom is -0.495 e. The minimum absolute atomic E-state index is 0.198. The van der Waals surface area contributed by atoms with Gasteiger partial charge in [-0.15, -0.1) is 0 Å². The molecule has 1 aromatic heterocycles. The summed E-state index contributed by atoms with van der Waals surface area (Å²) in [4.78, 5) is 19.4. The molecule has 23 heavy (non-hydrogen) atoms. The molecule has 0 radical (unpaired) electrons. The number of methoxy groups -OCH3 is 1. The normalized spacial score (nSPS) is 10.9. The van der Waals surface area contributed by atoms with E-state index in [4.69, 9.17) is 9.47 Å². The minimum atomic E-state index is -0.198. The zero-order chi connectivity index (χ0) is 16.2. The number of benzene rings is 2.